The van der Waals surface area contributed by atoms with Gasteiger partial charge in [0, 0.05) is 38.9 Å². The van der Waals surface area contributed by atoms with Crippen molar-refractivity contribution in [2.45, 2.75) is 134 Å². The summed E-state index contributed by atoms with van der Waals surface area (Å²) in [4.78, 5) is 27.5. The summed E-state index contributed by atoms with van der Waals surface area (Å²) >= 11 is 0. The third kappa shape index (κ3) is 10.0. The van der Waals surface area contributed by atoms with Crippen LogP contribution in [0.25, 0.3) is 49.7 Å². The number of carbonyl (C=O) groups is 2. The van der Waals surface area contributed by atoms with Crippen molar-refractivity contribution < 1.29 is 28.5 Å². The Labute approximate surface area is 436 Å². The molecule has 0 atom stereocenters. The first kappa shape index (κ1) is 48.9. The Morgan fingerprint density at radius 3 is 1.77 bits per heavy atom. The van der Waals surface area contributed by atoms with E-state index in [-0.39, 0.29) is 12.0 Å². The number of hydrogen-bond acceptors (Lipinski definition) is 7. The Bertz CT molecular complexity index is 3300. The lowest BCUT2D eigenvalue weighted by Gasteiger charge is -2.32. The summed E-state index contributed by atoms with van der Waals surface area (Å²) in [6.45, 7) is 9.23. The van der Waals surface area contributed by atoms with Crippen molar-refractivity contribution in [1.29, 1.82) is 0 Å². The van der Waals surface area contributed by atoms with Crippen LogP contribution in [0.2, 0.25) is 0 Å². The maximum atomic E-state index is 12.7. The molecule has 0 saturated heterocycles. The number of hydrogen-bond donors (Lipinski definition) is 0. The standard InChI is InChI=1S/C66H68N2O6/c1-64(2)58-20-9-7-18-54(58)55-36-35-53(44-59(55)64)67(50-29-22-46(23-30-50)17-11-16-42-71-62(69)73-65(3)38-12-5-13-39-65)51-33-26-48(27-34-51)49-28-37-61-57(43-49)56-19-8-10-21-60(56)68(61)52-31-24-47(25-32-52)45-72-63(70)74-66(4)40-14-6-15-41-66/h7-10,18-37,43-44H,5-6,11-17,38-42,45H2,1-4H3. The molecule has 0 amide bonds. The molecule has 1 aromatic heterocycles. The average molecular weight is 985 g/mol. The minimum Gasteiger partial charge on any atom is -0.434 e. The van der Waals surface area contributed by atoms with Crippen molar-refractivity contribution >= 4 is 51.2 Å². The summed E-state index contributed by atoms with van der Waals surface area (Å²) in [5.74, 6) is 0. The molecule has 11 rings (SSSR count). The van der Waals surface area contributed by atoms with E-state index >= 15 is 0 Å². The van der Waals surface area contributed by atoms with E-state index < -0.39 is 23.5 Å². The summed E-state index contributed by atoms with van der Waals surface area (Å²) < 4.78 is 24.9. The Kier molecular flexibility index (Phi) is 13.6. The monoisotopic (exact) mass is 985 g/mol. The van der Waals surface area contributed by atoms with E-state index in [2.05, 4.69) is 169 Å². The van der Waals surface area contributed by atoms with E-state index in [0.29, 0.717) is 6.61 Å². The lowest BCUT2D eigenvalue weighted by molar-refractivity contribution is -0.0469. The number of carbonyl (C=O) groups excluding carboxylic acids is 2. The minimum atomic E-state index is -0.597. The number of aromatic nitrogens is 1. The van der Waals surface area contributed by atoms with Gasteiger partial charge < -0.3 is 28.4 Å². The molecule has 3 aliphatic rings. The van der Waals surface area contributed by atoms with Gasteiger partial charge in [-0.3, -0.25) is 0 Å². The smallest absolute Gasteiger partial charge is 0.434 e. The normalized spacial score (nSPS) is 16.3. The molecule has 2 fully saturated rings. The van der Waals surface area contributed by atoms with Crippen LogP contribution in [0, 0.1) is 0 Å². The Morgan fingerprint density at radius 1 is 0.500 bits per heavy atom. The van der Waals surface area contributed by atoms with Gasteiger partial charge in [-0.25, -0.2) is 9.59 Å². The van der Waals surface area contributed by atoms with E-state index in [0.717, 1.165) is 121 Å². The molecule has 378 valence electrons. The van der Waals surface area contributed by atoms with Crippen molar-refractivity contribution in [3.05, 3.63) is 180 Å². The molecule has 8 nitrogen and oxygen atoms in total. The van der Waals surface area contributed by atoms with Gasteiger partial charge in [0.1, 0.15) is 17.8 Å². The molecule has 8 heteroatoms. The highest BCUT2D eigenvalue weighted by Gasteiger charge is 2.36. The van der Waals surface area contributed by atoms with Crippen LogP contribution in [-0.4, -0.2) is 34.7 Å². The van der Waals surface area contributed by atoms with Crippen molar-refractivity contribution in [2.24, 2.45) is 0 Å². The van der Waals surface area contributed by atoms with Crippen LogP contribution in [0.5, 0.6) is 0 Å². The Morgan fingerprint density at radius 2 is 1.07 bits per heavy atom. The molecular weight excluding hydrogens is 917 g/mol. The SMILES string of the molecule is CC1(OC(=O)OCCCCc2ccc(N(c3ccc(-c4ccc5c(c4)c4ccccc4n5-c4ccc(COC(=O)OC5(C)CCCCC5)cc4)cc3)c3ccc4c(c3)C(C)(C)c3ccccc3-4)cc2)CCCCC1. The van der Waals surface area contributed by atoms with Gasteiger partial charge in [-0.05, 0) is 196 Å². The molecule has 0 spiro atoms. The second kappa shape index (κ2) is 20.5. The topological polar surface area (TPSA) is 79.2 Å². The Hall–Kier alpha value is -7.32. The molecule has 1 heterocycles. The van der Waals surface area contributed by atoms with Crippen molar-refractivity contribution in [1.82, 2.24) is 4.57 Å². The van der Waals surface area contributed by atoms with Gasteiger partial charge in [0.15, 0.2) is 0 Å². The number of ether oxygens (including phenoxy) is 4. The molecule has 8 aromatic rings. The van der Waals surface area contributed by atoms with Crippen LogP contribution in [0.4, 0.5) is 26.7 Å². The van der Waals surface area contributed by atoms with Crippen molar-refractivity contribution in [2.75, 3.05) is 11.5 Å². The van der Waals surface area contributed by atoms with Gasteiger partial charge in [0.2, 0.25) is 0 Å². The number of para-hydroxylation sites is 1. The second-order valence-electron chi connectivity index (χ2n) is 22.0. The Balaban J connectivity index is 0.827. The molecule has 2 saturated carbocycles. The van der Waals surface area contributed by atoms with E-state index in [4.69, 9.17) is 18.9 Å². The number of benzene rings is 7. The number of aryl methyl sites for hydroxylation is 1. The molecule has 3 aliphatic carbocycles. The number of nitrogens with zero attached hydrogens (tertiary/aromatic N) is 2. The largest absolute Gasteiger partial charge is 0.509 e. The first-order valence-electron chi connectivity index (χ1n) is 27.0. The van der Waals surface area contributed by atoms with Crippen LogP contribution in [0.3, 0.4) is 0 Å². The van der Waals surface area contributed by atoms with E-state index in [9.17, 15) is 9.59 Å². The maximum Gasteiger partial charge on any atom is 0.509 e. The quantitative estimate of drug-likeness (QED) is 0.0793. The summed E-state index contributed by atoms with van der Waals surface area (Å²) in [6.07, 6.45) is 11.7. The summed E-state index contributed by atoms with van der Waals surface area (Å²) in [6, 6.07) is 57.2. The highest BCUT2D eigenvalue weighted by Crippen LogP contribution is 2.51. The van der Waals surface area contributed by atoms with Crippen LogP contribution in [0.1, 0.15) is 127 Å². The van der Waals surface area contributed by atoms with Crippen molar-refractivity contribution in [3.8, 4) is 27.9 Å². The van der Waals surface area contributed by atoms with E-state index in [1.807, 2.05) is 26.0 Å². The molecular formula is C66H68N2O6. The lowest BCUT2D eigenvalue weighted by Crippen LogP contribution is -2.34. The predicted octanol–water partition coefficient (Wildman–Crippen LogP) is 17.8. The number of unbranched alkanes of at least 4 members (excludes halogenated alkanes) is 1. The highest BCUT2D eigenvalue weighted by atomic mass is 16.7. The van der Waals surface area contributed by atoms with Gasteiger partial charge in [0.25, 0.3) is 0 Å². The maximum absolute atomic E-state index is 12.7. The predicted molar refractivity (Wildman–Crippen MR) is 298 cm³/mol. The summed E-state index contributed by atoms with van der Waals surface area (Å²) in [5.41, 5.74) is 15.3. The van der Waals surface area contributed by atoms with Crippen LogP contribution in [-0.2, 0) is 37.4 Å². The van der Waals surface area contributed by atoms with E-state index in [1.165, 1.54) is 51.4 Å². The van der Waals surface area contributed by atoms with Gasteiger partial charge in [-0.1, -0.05) is 118 Å². The highest BCUT2D eigenvalue weighted by molar-refractivity contribution is 6.10. The summed E-state index contributed by atoms with van der Waals surface area (Å²) in [5, 5.41) is 2.36. The molecule has 0 N–H and O–H groups in total. The van der Waals surface area contributed by atoms with Gasteiger partial charge in [0.05, 0.1) is 17.6 Å². The number of anilines is 3. The molecule has 0 bridgehead atoms. The van der Waals surface area contributed by atoms with Crippen LogP contribution in [0.15, 0.2) is 158 Å². The lowest BCUT2D eigenvalue weighted by atomic mass is 9.82. The molecule has 0 radical (unpaired) electrons. The average Bonchev–Trinajstić information content (AvgIpc) is 3.86. The molecule has 0 aliphatic heterocycles. The van der Waals surface area contributed by atoms with Gasteiger partial charge in [-0.15, -0.1) is 0 Å². The fraction of sp³-hybridized carbons (Fsp3) is 0.333. The first-order chi connectivity index (χ1) is 35.9. The van der Waals surface area contributed by atoms with Gasteiger partial charge in [-0.2, -0.15) is 0 Å². The molecule has 7 aromatic carbocycles. The number of rotatable bonds is 14. The van der Waals surface area contributed by atoms with Gasteiger partial charge >= 0.3 is 12.3 Å². The number of fused-ring (bicyclic) bond motifs is 6. The first-order valence-corrected chi connectivity index (χ1v) is 27.0. The molecule has 74 heavy (non-hydrogen) atoms. The molecule has 0 unspecified atom stereocenters. The fourth-order valence-corrected chi connectivity index (χ4v) is 12.1. The van der Waals surface area contributed by atoms with Crippen molar-refractivity contribution in [3.63, 3.8) is 0 Å². The zero-order valence-corrected chi connectivity index (χ0v) is 43.5. The van der Waals surface area contributed by atoms with Crippen LogP contribution >= 0.6 is 0 Å². The summed E-state index contributed by atoms with van der Waals surface area (Å²) in [7, 11) is 0. The van der Waals surface area contributed by atoms with Crippen LogP contribution < -0.4 is 4.90 Å². The minimum absolute atomic E-state index is 0.139. The zero-order chi connectivity index (χ0) is 50.9. The second-order valence-corrected chi connectivity index (χ2v) is 22.0. The zero-order valence-electron chi connectivity index (χ0n) is 43.5. The third-order valence-electron chi connectivity index (χ3n) is 16.3. The third-order valence-corrected chi connectivity index (χ3v) is 16.3. The van der Waals surface area contributed by atoms with E-state index in [1.54, 1.807) is 0 Å². The fourth-order valence-electron chi connectivity index (χ4n) is 12.1.